The van der Waals surface area contributed by atoms with Gasteiger partial charge in [0.15, 0.2) is 0 Å². The Bertz CT molecular complexity index is 904. The molecule has 4 nitrogen and oxygen atoms in total. The molecule has 0 bridgehead atoms. The van der Waals surface area contributed by atoms with Crippen molar-refractivity contribution in [1.29, 1.82) is 0 Å². The van der Waals surface area contributed by atoms with E-state index in [2.05, 4.69) is 15.6 Å². The highest BCUT2D eigenvalue weighted by Gasteiger charge is 2.11. The number of anilines is 3. The number of halogens is 1. The van der Waals surface area contributed by atoms with Gasteiger partial charge in [0.2, 0.25) is 0 Å². The number of amides is 1. The smallest absolute Gasteiger partial charge is 0.257 e. The second kappa shape index (κ2) is 7.36. The lowest BCUT2D eigenvalue weighted by molar-refractivity contribution is 0.102. The molecule has 0 unspecified atom stereocenters. The zero-order chi connectivity index (χ0) is 17.8. The molecule has 0 aliphatic heterocycles. The van der Waals surface area contributed by atoms with Crippen LogP contribution in [-0.2, 0) is 0 Å². The van der Waals surface area contributed by atoms with Crippen molar-refractivity contribution in [3.05, 3.63) is 82.6 Å². The fourth-order valence-electron chi connectivity index (χ4n) is 2.55. The van der Waals surface area contributed by atoms with Crippen LogP contribution in [0.2, 0.25) is 5.02 Å². The van der Waals surface area contributed by atoms with Gasteiger partial charge in [-0.15, -0.1) is 0 Å². The van der Waals surface area contributed by atoms with Crippen LogP contribution in [0.15, 0.2) is 60.9 Å². The van der Waals surface area contributed by atoms with Gasteiger partial charge >= 0.3 is 0 Å². The van der Waals surface area contributed by atoms with Gasteiger partial charge in [0, 0.05) is 11.9 Å². The van der Waals surface area contributed by atoms with Gasteiger partial charge in [-0.1, -0.05) is 41.9 Å². The summed E-state index contributed by atoms with van der Waals surface area (Å²) in [5, 5.41) is 6.75. The van der Waals surface area contributed by atoms with E-state index in [1.54, 1.807) is 24.5 Å². The zero-order valence-electron chi connectivity index (χ0n) is 14.0. The third-order valence-corrected chi connectivity index (χ3v) is 4.20. The van der Waals surface area contributed by atoms with E-state index in [-0.39, 0.29) is 5.91 Å². The highest BCUT2D eigenvalue weighted by molar-refractivity contribution is 6.33. The predicted molar refractivity (Wildman–Crippen MR) is 103 cm³/mol. The normalized spacial score (nSPS) is 10.4. The molecule has 0 saturated heterocycles. The number of hydrogen-bond acceptors (Lipinski definition) is 3. The second-order valence-electron chi connectivity index (χ2n) is 5.79. The molecule has 0 aliphatic rings. The molecule has 1 heterocycles. The molecule has 0 aliphatic carbocycles. The van der Waals surface area contributed by atoms with Gasteiger partial charge in [0.1, 0.15) is 0 Å². The summed E-state index contributed by atoms with van der Waals surface area (Å²) < 4.78 is 0. The Labute approximate surface area is 151 Å². The third kappa shape index (κ3) is 3.98. The average Bonchev–Trinajstić information content (AvgIpc) is 2.60. The van der Waals surface area contributed by atoms with Crippen LogP contribution in [0.5, 0.6) is 0 Å². The number of benzene rings is 2. The van der Waals surface area contributed by atoms with Gasteiger partial charge in [-0.25, -0.2) is 0 Å². The number of aryl methyl sites for hydroxylation is 2. The second-order valence-corrected chi connectivity index (χ2v) is 6.20. The van der Waals surface area contributed by atoms with Gasteiger partial charge in [-0.05, 0) is 43.2 Å². The van der Waals surface area contributed by atoms with Gasteiger partial charge in [-0.2, -0.15) is 0 Å². The Morgan fingerprint density at radius 3 is 2.44 bits per heavy atom. The molecule has 0 saturated carbocycles. The van der Waals surface area contributed by atoms with Crippen molar-refractivity contribution in [2.75, 3.05) is 10.6 Å². The highest BCUT2D eigenvalue weighted by atomic mass is 35.5. The van der Waals surface area contributed by atoms with Crippen LogP contribution >= 0.6 is 11.6 Å². The van der Waals surface area contributed by atoms with Gasteiger partial charge in [0.25, 0.3) is 5.91 Å². The summed E-state index contributed by atoms with van der Waals surface area (Å²) in [6, 6.07) is 15.1. The van der Waals surface area contributed by atoms with Crippen LogP contribution < -0.4 is 10.6 Å². The standard InChI is InChI=1S/C20H18ClN3O/c1-13-6-5-7-14(2)19(13)24-20(25)15-10-16(12-22-11-15)23-18-9-4-3-8-17(18)21/h3-12,23H,1-2H3,(H,24,25). The summed E-state index contributed by atoms with van der Waals surface area (Å²) in [7, 11) is 0. The van der Waals surface area contributed by atoms with E-state index in [0.29, 0.717) is 16.3 Å². The molecular weight excluding hydrogens is 334 g/mol. The number of pyridine rings is 1. The lowest BCUT2D eigenvalue weighted by Gasteiger charge is -2.12. The van der Waals surface area contributed by atoms with E-state index in [9.17, 15) is 4.79 Å². The molecule has 0 atom stereocenters. The minimum Gasteiger partial charge on any atom is -0.353 e. The molecule has 3 aromatic rings. The lowest BCUT2D eigenvalue weighted by Crippen LogP contribution is -2.14. The first-order valence-electron chi connectivity index (χ1n) is 7.89. The van der Waals surface area contributed by atoms with E-state index >= 15 is 0 Å². The predicted octanol–water partition coefficient (Wildman–Crippen LogP) is 5.35. The molecule has 0 fully saturated rings. The zero-order valence-corrected chi connectivity index (χ0v) is 14.8. The van der Waals surface area contributed by atoms with Crippen LogP contribution in [0.4, 0.5) is 17.1 Å². The number of nitrogens with zero attached hydrogens (tertiary/aromatic N) is 1. The molecule has 2 N–H and O–H groups in total. The largest absolute Gasteiger partial charge is 0.353 e. The van der Waals surface area contributed by atoms with Crippen molar-refractivity contribution < 1.29 is 4.79 Å². The molecule has 126 valence electrons. The van der Waals surface area contributed by atoms with E-state index in [0.717, 1.165) is 22.5 Å². The minimum atomic E-state index is -0.201. The Morgan fingerprint density at radius 1 is 1.00 bits per heavy atom. The number of carbonyl (C=O) groups excluding carboxylic acids is 1. The van der Waals surface area contributed by atoms with Crippen LogP contribution in [0.3, 0.4) is 0 Å². The Balaban J connectivity index is 1.81. The van der Waals surface area contributed by atoms with Gasteiger partial charge < -0.3 is 10.6 Å². The number of carbonyl (C=O) groups is 1. The summed E-state index contributed by atoms with van der Waals surface area (Å²) in [5.74, 6) is -0.201. The lowest BCUT2D eigenvalue weighted by atomic mass is 10.1. The molecule has 1 aromatic heterocycles. The first-order chi connectivity index (χ1) is 12.0. The Hall–Kier alpha value is -2.85. The highest BCUT2D eigenvalue weighted by Crippen LogP contribution is 2.25. The van der Waals surface area contributed by atoms with Crippen molar-refractivity contribution in [3.8, 4) is 0 Å². The van der Waals surface area contributed by atoms with Gasteiger partial charge in [0.05, 0.1) is 28.2 Å². The van der Waals surface area contributed by atoms with E-state index in [1.165, 1.54) is 0 Å². The topological polar surface area (TPSA) is 54.0 Å². The quantitative estimate of drug-likeness (QED) is 0.666. The fourth-order valence-corrected chi connectivity index (χ4v) is 2.73. The third-order valence-electron chi connectivity index (χ3n) is 3.87. The Morgan fingerprint density at radius 2 is 1.72 bits per heavy atom. The summed E-state index contributed by atoms with van der Waals surface area (Å²) in [6.45, 7) is 3.94. The maximum absolute atomic E-state index is 12.6. The summed E-state index contributed by atoms with van der Waals surface area (Å²) in [5.41, 5.74) is 4.80. The monoisotopic (exact) mass is 351 g/mol. The molecule has 0 radical (unpaired) electrons. The molecule has 25 heavy (non-hydrogen) atoms. The molecule has 3 rings (SSSR count). The maximum Gasteiger partial charge on any atom is 0.257 e. The van der Waals surface area contributed by atoms with Crippen molar-refractivity contribution in [1.82, 2.24) is 4.98 Å². The first kappa shape index (κ1) is 17.0. The van der Waals surface area contributed by atoms with Crippen LogP contribution in [0.1, 0.15) is 21.5 Å². The number of aromatic nitrogens is 1. The maximum atomic E-state index is 12.6. The summed E-state index contributed by atoms with van der Waals surface area (Å²) in [4.78, 5) is 16.7. The van der Waals surface area contributed by atoms with E-state index in [1.807, 2.05) is 50.2 Å². The van der Waals surface area contributed by atoms with Crippen molar-refractivity contribution in [2.24, 2.45) is 0 Å². The summed E-state index contributed by atoms with van der Waals surface area (Å²) >= 11 is 6.16. The van der Waals surface area contributed by atoms with Crippen molar-refractivity contribution >= 4 is 34.6 Å². The molecule has 5 heteroatoms. The average molecular weight is 352 g/mol. The van der Waals surface area contributed by atoms with Crippen molar-refractivity contribution in [3.63, 3.8) is 0 Å². The van der Waals surface area contributed by atoms with Gasteiger partial charge in [-0.3, -0.25) is 9.78 Å². The number of nitrogens with one attached hydrogen (secondary N) is 2. The SMILES string of the molecule is Cc1cccc(C)c1NC(=O)c1cncc(Nc2ccccc2Cl)c1. The van der Waals surface area contributed by atoms with Crippen LogP contribution in [-0.4, -0.2) is 10.9 Å². The summed E-state index contributed by atoms with van der Waals surface area (Å²) in [6.07, 6.45) is 3.19. The molecule has 2 aromatic carbocycles. The van der Waals surface area contributed by atoms with E-state index in [4.69, 9.17) is 11.6 Å². The Kier molecular flexibility index (Phi) is 5.00. The minimum absolute atomic E-state index is 0.201. The number of hydrogen-bond donors (Lipinski definition) is 2. The first-order valence-corrected chi connectivity index (χ1v) is 8.26. The van der Waals surface area contributed by atoms with Crippen LogP contribution in [0.25, 0.3) is 0 Å². The number of para-hydroxylation sites is 2. The van der Waals surface area contributed by atoms with E-state index < -0.39 is 0 Å². The fraction of sp³-hybridized carbons (Fsp3) is 0.100. The molecule has 1 amide bonds. The molecule has 0 spiro atoms. The number of rotatable bonds is 4. The molecular formula is C20H18ClN3O. The van der Waals surface area contributed by atoms with Crippen molar-refractivity contribution in [2.45, 2.75) is 13.8 Å². The van der Waals surface area contributed by atoms with Crippen LogP contribution in [0, 0.1) is 13.8 Å².